The second kappa shape index (κ2) is 5.95. The smallest absolute Gasteiger partial charge is 0.334 e. The standard InChI is InChI=1S/C9H17NO4/c1-13-5-2-3-10-4-6-14-8(7-10)9(11)12/h8H,2-7H2,1H3,(H,11,12). The average molecular weight is 203 g/mol. The molecule has 5 heteroatoms. The van der Waals surface area contributed by atoms with Crippen LogP contribution in [0.15, 0.2) is 0 Å². The molecule has 0 bridgehead atoms. The molecule has 1 aliphatic rings. The topological polar surface area (TPSA) is 59.0 Å². The molecule has 1 unspecified atom stereocenters. The van der Waals surface area contributed by atoms with E-state index in [0.717, 1.165) is 26.1 Å². The van der Waals surface area contributed by atoms with Crippen LogP contribution in [0.5, 0.6) is 0 Å². The molecule has 14 heavy (non-hydrogen) atoms. The quantitative estimate of drug-likeness (QED) is 0.627. The summed E-state index contributed by atoms with van der Waals surface area (Å²) in [7, 11) is 1.67. The van der Waals surface area contributed by atoms with E-state index in [1.165, 1.54) is 0 Å². The van der Waals surface area contributed by atoms with E-state index in [1.54, 1.807) is 7.11 Å². The van der Waals surface area contributed by atoms with Crippen LogP contribution >= 0.6 is 0 Å². The number of aliphatic carboxylic acids is 1. The highest BCUT2D eigenvalue weighted by Crippen LogP contribution is 2.05. The average Bonchev–Trinajstić information content (AvgIpc) is 2.19. The number of morpholine rings is 1. The Labute approximate surface area is 83.6 Å². The number of methoxy groups -OCH3 is 1. The molecular formula is C9H17NO4. The van der Waals surface area contributed by atoms with E-state index in [9.17, 15) is 4.79 Å². The van der Waals surface area contributed by atoms with Crippen molar-refractivity contribution >= 4 is 5.97 Å². The van der Waals surface area contributed by atoms with Crippen LogP contribution in [0.25, 0.3) is 0 Å². The van der Waals surface area contributed by atoms with Crippen LogP contribution in [0.4, 0.5) is 0 Å². The largest absolute Gasteiger partial charge is 0.479 e. The number of carbonyl (C=O) groups is 1. The fraction of sp³-hybridized carbons (Fsp3) is 0.889. The Kier molecular flexibility index (Phi) is 4.86. The lowest BCUT2D eigenvalue weighted by Gasteiger charge is -2.30. The third-order valence-corrected chi connectivity index (χ3v) is 2.25. The van der Waals surface area contributed by atoms with E-state index < -0.39 is 12.1 Å². The lowest BCUT2D eigenvalue weighted by Crippen LogP contribution is -2.46. The van der Waals surface area contributed by atoms with E-state index in [2.05, 4.69) is 4.90 Å². The molecule has 1 N–H and O–H groups in total. The van der Waals surface area contributed by atoms with Gasteiger partial charge in [-0.2, -0.15) is 0 Å². The van der Waals surface area contributed by atoms with Crippen molar-refractivity contribution < 1.29 is 19.4 Å². The zero-order valence-electron chi connectivity index (χ0n) is 8.44. The maximum absolute atomic E-state index is 10.7. The molecule has 0 spiro atoms. The molecular weight excluding hydrogens is 186 g/mol. The maximum atomic E-state index is 10.7. The Morgan fingerprint density at radius 3 is 3.14 bits per heavy atom. The molecule has 1 heterocycles. The van der Waals surface area contributed by atoms with E-state index in [0.29, 0.717) is 13.2 Å². The van der Waals surface area contributed by atoms with Crippen LogP contribution in [-0.2, 0) is 14.3 Å². The Balaban J connectivity index is 2.22. The molecule has 0 aromatic heterocycles. The Morgan fingerprint density at radius 1 is 1.71 bits per heavy atom. The predicted molar refractivity (Wildman–Crippen MR) is 50.3 cm³/mol. The van der Waals surface area contributed by atoms with Gasteiger partial charge in [-0.05, 0) is 6.42 Å². The Morgan fingerprint density at radius 2 is 2.50 bits per heavy atom. The number of nitrogens with zero attached hydrogens (tertiary/aromatic N) is 1. The molecule has 1 fully saturated rings. The third-order valence-electron chi connectivity index (χ3n) is 2.25. The van der Waals surface area contributed by atoms with Crippen molar-refractivity contribution in [1.82, 2.24) is 4.90 Å². The number of rotatable bonds is 5. The van der Waals surface area contributed by atoms with Gasteiger partial charge in [0.25, 0.3) is 0 Å². The summed E-state index contributed by atoms with van der Waals surface area (Å²) in [5.74, 6) is -0.874. The minimum absolute atomic E-state index is 0.485. The number of carboxylic acids is 1. The lowest BCUT2D eigenvalue weighted by atomic mass is 10.2. The summed E-state index contributed by atoms with van der Waals surface area (Å²) in [4.78, 5) is 12.8. The van der Waals surface area contributed by atoms with Crippen LogP contribution in [0.2, 0.25) is 0 Å². The first-order valence-electron chi connectivity index (χ1n) is 4.79. The van der Waals surface area contributed by atoms with Crippen LogP contribution < -0.4 is 0 Å². The van der Waals surface area contributed by atoms with Crippen molar-refractivity contribution in [2.75, 3.05) is 40.0 Å². The second-order valence-electron chi connectivity index (χ2n) is 3.34. The van der Waals surface area contributed by atoms with Crippen LogP contribution in [0.1, 0.15) is 6.42 Å². The first kappa shape index (κ1) is 11.4. The summed E-state index contributed by atoms with van der Waals surface area (Å²) in [5.41, 5.74) is 0. The van der Waals surface area contributed by atoms with E-state index in [1.807, 2.05) is 0 Å². The van der Waals surface area contributed by atoms with Gasteiger partial charge in [0, 0.05) is 33.4 Å². The molecule has 1 saturated heterocycles. The third kappa shape index (κ3) is 3.61. The molecule has 0 radical (unpaired) electrons. The second-order valence-corrected chi connectivity index (χ2v) is 3.34. The fourth-order valence-electron chi connectivity index (χ4n) is 1.49. The highest BCUT2D eigenvalue weighted by atomic mass is 16.5. The van der Waals surface area contributed by atoms with E-state index in [-0.39, 0.29) is 0 Å². The number of hydrogen-bond acceptors (Lipinski definition) is 4. The molecule has 1 aliphatic heterocycles. The van der Waals surface area contributed by atoms with Crippen molar-refractivity contribution in [1.29, 1.82) is 0 Å². The minimum Gasteiger partial charge on any atom is -0.479 e. The van der Waals surface area contributed by atoms with Crippen molar-refractivity contribution in [2.24, 2.45) is 0 Å². The number of hydrogen-bond donors (Lipinski definition) is 1. The van der Waals surface area contributed by atoms with Crippen molar-refractivity contribution in [3.8, 4) is 0 Å². The van der Waals surface area contributed by atoms with Crippen LogP contribution in [0, 0.1) is 0 Å². The SMILES string of the molecule is COCCCN1CCOC(C(=O)O)C1. The molecule has 1 rings (SSSR count). The zero-order chi connectivity index (χ0) is 10.4. The minimum atomic E-state index is -0.874. The van der Waals surface area contributed by atoms with Gasteiger partial charge in [0.05, 0.1) is 6.61 Å². The van der Waals surface area contributed by atoms with Gasteiger partial charge in [-0.1, -0.05) is 0 Å². The number of carboxylic acid groups (broad SMARTS) is 1. The first-order chi connectivity index (χ1) is 6.74. The first-order valence-corrected chi connectivity index (χ1v) is 4.79. The highest BCUT2D eigenvalue weighted by molar-refractivity contribution is 5.72. The van der Waals surface area contributed by atoms with E-state index in [4.69, 9.17) is 14.6 Å². The monoisotopic (exact) mass is 203 g/mol. The summed E-state index contributed by atoms with van der Waals surface area (Å²) < 4.78 is 10.0. The lowest BCUT2D eigenvalue weighted by molar-refractivity contribution is -0.156. The van der Waals surface area contributed by atoms with Crippen molar-refractivity contribution in [3.05, 3.63) is 0 Å². The van der Waals surface area contributed by atoms with Crippen LogP contribution in [0.3, 0.4) is 0 Å². The van der Waals surface area contributed by atoms with Gasteiger partial charge in [-0.15, -0.1) is 0 Å². The summed E-state index contributed by atoms with van der Waals surface area (Å²) in [6.07, 6.45) is 0.273. The van der Waals surface area contributed by atoms with Gasteiger partial charge >= 0.3 is 5.97 Å². The van der Waals surface area contributed by atoms with Crippen molar-refractivity contribution in [2.45, 2.75) is 12.5 Å². The van der Waals surface area contributed by atoms with Gasteiger partial charge in [-0.3, -0.25) is 4.90 Å². The Bertz CT molecular complexity index is 186. The van der Waals surface area contributed by atoms with Gasteiger partial charge in [0.2, 0.25) is 0 Å². The van der Waals surface area contributed by atoms with Gasteiger partial charge in [0.1, 0.15) is 0 Å². The van der Waals surface area contributed by atoms with Crippen LogP contribution in [-0.4, -0.2) is 62.0 Å². The number of ether oxygens (including phenoxy) is 2. The van der Waals surface area contributed by atoms with Gasteiger partial charge in [0.15, 0.2) is 6.10 Å². The summed E-state index contributed by atoms with van der Waals surface area (Å²) >= 11 is 0. The van der Waals surface area contributed by atoms with Gasteiger partial charge < -0.3 is 14.6 Å². The molecule has 5 nitrogen and oxygen atoms in total. The predicted octanol–water partition coefficient (Wildman–Crippen LogP) is -0.192. The molecule has 1 atom stereocenters. The summed E-state index contributed by atoms with van der Waals surface area (Å²) in [6, 6.07) is 0. The fourth-order valence-corrected chi connectivity index (χ4v) is 1.49. The van der Waals surface area contributed by atoms with Gasteiger partial charge in [-0.25, -0.2) is 4.79 Å². The molecule has 0 aromatic carbocycles. The Hall–Kier alpha value is -0.650. The molecule has 0 aliphatic carbocycles. The maximum Gasteiger partial charge on any atom is 0.334 e. The van der Waals surface area contributed by atoms with E-state index >= 15 is 0 Å². The molecule has 0 amide bonds. The normalized spacial score (nSPS) is 23.6. The molecule has 0 aromatic rings. The summed E-state index contributed by atoms with van der Waals surface area (Å²) in [6.45, 7) is 3.40. The molecule has 0 saturated carbocycles. The molecule has 82 valence electrons. The van der Waals surface area contributed by atoms with Crippen molar-refractivity contribution in [3.63, 3.8) is 0 Å². The summed E-state index contributed by atoms with van der Waals surface area (Å²) in [5, 5.41) is 8.75. The highest BCUT2D eigenvalue weighted by Gasteiger charge is 2.25. The zero-order valence-corrected chi connectivity index (χ0v) is 8.44.